The van der Waals surface area contributed by atoms with E-state index in [2.05, 4.69) is 15.7 Å². The number of aromatic nitrogens is 2. The molecule has 2 N–H and O–H groups in total. The molecule has 19 heavy (non-hydrogen) atoms. The Bertz CT molecular complexity index is 413. The molecule has 1 aromatic heterocycles. The van der Waals surface area contributed by atoms with Crippen LogP contribution in [0.5, 0.6) is 0 Å². The maximum absolute atomic E-state index is 11.9. The highest BCUT2D eigenvalue weighted by atomic mass is 32.2. The van der Waals surface area contributed by atoms with Crippen molar-refractivity contribution < 1.29 is 4.79 Å². The molecule has 5 nitrogen and oxygen atoms in total. The van der Waals surface area contributed by atoms with Crippen LogP contribution in [0.15, 0.2) is 12.3 Å². The maximum atomic E-state index is 11.9. The maximum Gasteiger partial charge on any atom is 0.235 e. The second-order valence-electron chi connectivity index (χ2n) is 5.06. The number of anilines is 1. The lowest BCUT2D eigenvalue weighted by molar-refractivity contribution is -0.113. The molecule has 1 aliphatic rings. The van der Waals surface area contributed by atoms with Gasteiger partial charge in [-0.1, -0.05) is 0 Å². The van der Waals surface area contributed by atoms with Crippen molar-refractivity contribution in [2.75, 3.05) is 24.2 Å². The molecule has 1 saturated heterocycles. The first-order valence-corrected chi connectivity index (χ1v) is 7.87. The van der Waals surface area contributed by atoms with E-state index in [1.165, 1.54) is 0 Å². The van der Waals surface area contributed by atoms with Crippen molar-refractivity contribution in [2.24, 2.45) is 0 Å². The van der Waals surface area contributed by atoms with E-state index in [-0.39, 0.29) is 11.9 Å². The minimum absolute atomic E-state index is 0.0610. The Morgan fingerprint density at radius 2 is 2.32 bits per heavy atom. The number of carbonyl (C=O) groups excluding carboxylic acids is 1. The second kappa shape index (κ2) is 6.96. The Balaban J connectivity index is 1.78. The van der Waals surface area contributed by atoms with E-state index >= 15 is 0 Å². The van der Waals surface area contributed by atoms with Crippen LogP contribution in [0, 0.1) is 0 Å². The number of amides is 1. The average molecular weight is 282 g/mol. The third-order valence-corrected chi connectivity index (χ3v) is 4.53. The number of nitrogens with zero attached hydrogens (tertiary/aromatic N) is 2. The van der Waals surface area contributed by atoms with E-state index in [4.69, 9.17) is 0 Å². The molecule has 0 aliphatic carbocycles. The van der Waals surface area contributed by atoms with Gasteiger partial charge in [0.2, 0.25) is 5.91 Å². The highest BCUT2D eigenvalue weighted by Gasteiger charge is 2.16. The molecule has 0 bridgehead atoms. The number of nitrogens with one attached hydrogen (secondary N) is 2. The van der Waals surface area contributed by atoms with Crippen molar-refractivity contribution in [3.05, 3.63) is 12.3 Å². The number of hydrogen-bond acceptors (Lipinski definition) is 4. The van der Waals surface area contributed by atoms with Crippen LogP contribution in [0.25, 0.3) is 0 Å². The van der Waals surface area contributed by atoms with Gasteiger partial charge in [0.05, 0.1) is 11.9 Å². The summed E-state index contributed by atoms with van der Waals surface area (Å²) >= 11 is 1.76. The van der Waals surface area contributed by atoms with Gasteiger partial charge in [-0.25, -0.2) is 4.68 Å². The van der Waals surface area contributed by atoms with Crippen molar-refractivity contribution in [2.45, 2.75) is 38.0 Å². The Kier molecular flexibility index (Phi) is 5.27. The third-order valence-electron chi connectivity index (χ3n) is 3.16. The van der Waals surface area contributed by atoms with E-state index in [0.29, 0.717) is 11.0 Å². The molecule has 1 aliphatic heterocycles. The predicted molar refractivity (Wildman–Crippen MR) is 79.6 cm³/mol. The van der Waals surface area contributed by atoms with Crippen LogP contribution in [-0.4, -0.2) is 39.8 Å². The molecule has 2 rings (SSSR count). The monoisotopic (exact) mass is 282 g/mol. The number of hydrogen-bond donors (Lipinski definition) is 2. The Morgan fingerprint density at radius 1 is 1.58 bits per heavy atom. The largest absolute Gasteiger partial charge is 0.317 e. The van der Waals surface area contributed by atoms with Crippen LogP contribution in [0.3, 0.4) is 0 Å². The van der Waals surface area contributed by atoms with E-state index < -0.39 is 0 Å². The molecule has 0 aromatic carbocycles. The molecule has 106 valence electrons. The highest BCUT2D eigenvalue weighted by Crippen LogP contribution is 2.20. The van der Waals surface area contributed by atoms with Crippen molar-refractivity contribution in [3.63, 3.8) is 0 Å². The zero-order valence-electron chi connectivity index (χ0n) is 11.6. The molecular weight excluding hydrogens is 260 g/mol. The summed E-state index contributed by atoms with van der Waals surface area (Å²) in [4.78, 5) is 11.9. The second-order valence-corrected chi connectivity index (χ2v) is 6.35. The van der Waals surface area contributed by atoms with Gasteiger partial charge in [-0.2, -0.15) is 5.10 Å². The lowest BCUT2D eigenvalue weighted by Gasteiger charge is -2.21. The standard InChI is InChI=1S/C13H22N4OS/c1-10(2)17-12(5-8-15-17)16-13(18)9-19-11-3-6-14-7-4-11/h5,8,10-11,14H,3-4,6-7,9H2,1-2H3,(H,16,18). The minimum atomic E-state index is 0.0610. The molecule has 6 heteroatoms. The molecule has 1 fully saturated rings. The third kappa shape index (κ3) is 4.24. The predicted octanol–water partition coefficient (Wildman–Crippen LogP) is 1.89. The molecule has 2 heterocycles. The fraction of sp³-hybridized carbons (Fsp3) is 0.692. The van der Waals surface area contributed by atoms with Gasteiger partial charge < -0.3 is 10.6 Å². The molecular formula is C13H22N4OS. The van der Waals surface area contributed by atoms with Gasteiger partial charge in [0, 0.05) is 17.4 Å². The topological polar surface area (TPSA) is 59.0 Å². The first-order valence-electron chi connectivity index (χ1n) is 6.82. The van der Waals surface area contributed by atoms with Crippen molar-refractivity contribution in [1.29, 1.82) is 0 Å². The first-order chi connectivity index (χ1) is 9.16. The van der Waals surface area contributed by atoms with Crippen molar-refractivity contribution in [3.8, 4) is 0 Å². The number of rotatable bonds is 5. The molecule has 1 amide bonds. The van der Waals surface area contributed by atoms with Crippen molar-refractivity contribution in [1.82, 2.24) is 15.1 Å². The molecule has 0 radical (unpaired) electrons. The van der Waals surface area contributed by atoms with Gasteiger partial charge in [-0.3, -0.25) is 4.79 Å². The van der Waals surface area contributed by atoms with Crippen LogP contribution in [0.2, 0.25) is 0 Å². The quantitative estimate of drug-likeness (QED) is 0.866. The fourth-order valence-electron chi connectivity index (χ4n) is 2.16. The Morgan fingerprint density at radius 3 is 3.00 bits per heavy atom. The zero-order valence-corrected chi connectivity index (χ0v) is 12.4. The Hall–Kier alpha value is -1.01. The summed E-state index contributed by atoms with van der Waals surface area (Å²) in [6.07, 6.45) is 4.03. The van der Waals surface area contributed by atoms with Gasteiger partial charge in [0.15, 0.2) is 0 Å². The lowest BCUT2D eigenvalue weighted by atomic mass is 10.2. The van der Waals surface area contributed by atoms with Gasteiger partial charge in [-0.15, -0.1) is 11.8 Å². The summed E-state index contributed by atoms with van der Waals surface area (Å²) in [5.41, 5.74) is 0. The molecule has 0 saturated carbocycles. The summed E-state index contributed by atoms with van der Waals surface area (Å²) in [6.45, 7) is 6.23. The summed E-state index contributed by atoms with van der Waals surface area (Å²) in [7, 11) is 0. The summed E-state index contributed by atoms with van der Waals surface area (Å²) in [6, 6.07) is 2.09. The van der Waals surface area contributed by atoms with E-state index in [1.54, 1.807) is 18.0 Å². The van der Waals surface area contributed by atoms with Crippen molar-refractivity contribution >= 4 is 23.5 Å². The average Bonchev–Trinajstić information content (AvgIpc) is 2.86. The molecule has 1 aromatic rings. The highest BCUT2D eigenvalue weighted by molar-refractivity contribution is 8.00. The van der Waals surface area contributed by atoms with Gasteiger partial charge in [0.25, 0.3) is 0 Å². The van der Waals surface area contributed by atoms with Crippen LogP contribution in [0.1, 0.15) is 32.7 Å². The SMILES string of the molecule is CC(C)n1nccc1NC(=O)CSC1CCNCC1. The van der Waals surface area contributed by atoms with Gasteiger partial charge in [-0.05, 0) is 39.8 Å². The van der Waals surface area contributed by atoms with Crippen LogP contribution in [0.4, 0.5) is 5.82 Å². The Labute approximate surface area is 118 Å². The summed E-state index contributed by atoms with van der Waals surface area (Å²) in [5, 5.41) is 11.1. The van der Waals surface area contributed by atoms with E-state index in [0.717, 1.165) is 31.7 Å². The number of carbonyl (C=O) groups is 1. The number of thioether (sulfide) groups is 1. The minimum Gasteiger partial charge on any atom is -0.317 e. The van der Waals surface area contributed by atoms with E-state index in [1.807, 2.05) is 24.6 Å². The fourth-order valence-corrected chi connectivity index (χ4v) is 3.19. The van der Waals surface area contributed by atoms with Crippen LogP contribution >= 0.6 is 11.8 Å². The molecule has 0 unspecified atom stereocenters. The van der Waals surface area contributed by atoms with Gasteiger partial charge >= 0.3 is 0 Å². The summed E-state index contributed by atoms with van der Waals surface area (Å²) in [5.74, 6) is 1.37. The van der Waals surface area contributed by atoms with Crippen LogP contribution in [-0.2, 0) is 4.79 Å². The smallest absolute Gasteiger partial charge is 0.235 e. The summed E-state index contributed by atoms with van der Waals surface area (Å²) < 4.78 is 1.83. The zero-order chi connectivity index (χ0) is 13.7. The van der Waals surface area contributed by atoms with E-state index in [9.17, 15) is 4.79 Å². The molecule has 0 atom stereocenters. The normalized spacial score (nSPS) is 16.8. The first kappa shape index (κ1) is 14.4. The van der Waals surface area contributed by atoms with Gasteiger partial charge in [0.1, 0.15) is 5.82 Å². The lowest BCUT2D eigenvalue weighted by Crippen LogP contribution is -2.30. The molecule has 0 spiro atoms. The number of piperidine rings is 1. The van der Waals surface area contributed by atoms with Crippen LogP contribution < -0.4 is 10.6 Å².